The normalized spacial score (nSPS) is 15.8. The van der Waals surface area contributed by atoms with Crippen LogP contribution in [0.1, 0.15) is 27.2 Å². The van der Waals surface area contributed by atoms with E-state index in [1.807, 2.05) is 6.92 Å². The van der Waals surface area contributed by atoms with Gasteiger partial charge in [0.15, 0.2) is 0 Å². The smallest absolute Gasteiger partial charge is 0.463 e. The molecule has 0 aromatic carbocycles. The van der Waals surface area contributed by atoms with Gasteiger partial charge in [-0.3, -0.25) is 14.2 Å². The molecule has 1 N–H and O–H groups in total. The van der Waals surface area contributed by atoms with Crippen molar-refractivity contribution in [1.29, 1.82) is 0 Å². The van der Waals surface area contributed by atoms with Crippen molar-refractivity contribution in [3.05, 3.63) is 0 Å². The number of esters is 1. The molecule has 0 spiro atoms. The van der Waals surface area contributed by atoms with Crippen LogP contribution in [0, 0.1) is 5.41 Å². The van der Waals surface area contributed by atoms with E-state index >= 15 is 0 Å². The first-order chi connectivity index (χ1) is 6.69. The number of carbonyl (C=O) groups excluding carboxylic acids is 1. The number of rotatable bonds is 6. The van der Waals surface area contributed by atoms with E-state index in [1.165, 1.54) is 0 Å². The highest BCUT2D eigenvalue weighted by molar-refractivity contribution is 7.46. The van der Waals surface area contributed by atoms with Crippen LogP contribution in [0.2, 0.25) is 0 Å². The van der Waals surface area contributed by atoms with Crippen LogP contribution in [-0.4, -0.2) is 24.1 Å². The molecule has 7 heteroatoms. The summed E-state index contributed by atoms with van der Waals surface area (Å²) in [7, 11) is -4.96. The number of ether oxygens (including phenoxy) is 1. The second-order valence-corrected chi connectivity index (χ2v) is 4.82. The Morgan fingerprint density at radius 2 is 2.00 bits per heavy atom. The van der Waals surface area contributed by atoms with Gasteiger partial charge < -0.3 is 4.74 Å². The Balaban J connectivity index is 3.79. The third-order valence-corrected chi connectivity index (χ3v) is 2.50. The minimum atomic E-state index is -4.96. The standard InChI is InChI=1S/C8H16FO5P/c1-4-8(2,3)7(10)13-5-6-14-15(9,11)12/h4-6H2,1-3H3,(H,11,12). The fourth-order valence-corrected chi connectivity index (χ4v) is 0.924. The van der Waals surface area contributed by atoms with Crippen LogP contribution in [0.15, 0.2) is 0 Å². The lowest BCUT2D eigenvalue weighted by atomic mass is 9.91. The summed E-state index contributed by atoms with van der Waals surface area (Å²) >= 11 is 0. The van der Waals surface area contributed by atoms with Crippen molar-refractivity contribution >= 4 is 13.9 Å². The molecular weight excluding hydrogens is 226 g/mol. The number of hydrogen-bond donors (Lipinski definition) is 1. The fraction of sp³-hybridized carbons (Fsp3) is 0.875. The quantitative estimate of drug-likeness (QED) is 0.438. The van der Waals surface area contributed by atoms with Crippen molar-refractivity contribution in [3.63, 3.8) is 0 Å². The molecule has 90 valence electrons. The summed E-state index contributed by atoms with van der Waals surface area (Å²) in [4.78, 5) is 19.4. The molecule has 1 unspecified atom stereocenters. The van der Waals surface area contributed by atoms with Crippen LogP contribution in [0.3, 0.4) is 0 Å². The summed E-state index contributed by atoms with van der Waals surface area (Å²) in [6.07, 6.45) is 0.605. The molecule has 0 saturated carbocycles. The first kappa shape index (κ1) is 14.6. The largest absolute Gasteiger partial charge is 0.510 e. The van der Waals surface area contributed by atoms with Gasteiger partial charge in [-0.15, -0.1) is 4.20 Å². The van der Waals surface area contributed by atoms with E-state index in [9.17, 15) is 13.6 Å². The molecule has 0 bridgehead atoms. The van der Waals surface area contributed by atoms with Gasteiger partial charge in [0.25, 0.3) is 0 Å². The first-order valence-corrected chi connectivity index (χ1v) is 6.00. The summed E-state index contributed by atoms with van der Waals surface area (Å²) in [6, 6.07) is 0. The molecule has 0 saturated heterocycles. The SMILES string of the molecule is CCC(C)(C)C(=O)OCCOP(=O)(O)F. The third kappa shape index (κ3) is 6.60. The summed E-state index contributed by atoms with van der Waals surface area (Å²) < 4.78 is 30.6. The van der Waals surface area contributed by atoms with E-state index in [0.717, 1.165) is 0 Å². The molecule has 0 fully saturated rings. The molecule has 0 amide bonds. The first-order valence-electron chi connectivity index (χ1n) is 4.53. The second-order valence-electron chi connectivity index (χ2n) is 3.66. The van der Waals surface area contributed by atoms with Gasteiger partial charge in [0, 0.05) is 0 Å². The maximum Gasteiger partial charge on any atom is 0.510 e. The summed E-state index contributed by atoms with van der Waals surface area (Å²) in [5.74, 6) is -0.444. The molecule has 0 aliphatic carbocycles. The van der Waals surface area contributed by atoms with E-state index in [-0.39, 0.29) is 6.61 Å². The van der Waals surface area contributed by atoms with Crippen LogP contribution < -0.4 is 0 Å². The molecule has 0 aromatic rings. The molecule has 15 heavy (non-hydrogen) atoms. The van der Waals surface area contributed by atoms with Crippen molar-refractivity contribution in [1.82, 2.24) is 0 Å². The molecule has 0 aromatic heterocycles. The van der Waals surface area contributed by atoms with Crippen LogP contribution in [0.25, 0.3) is 0 Å². The maximum atomic E-state index is 12.0. The van der Waals surface area contributed by atoms with Crippen molar-refractivity contribution in [2.24, 2.45) is 5.41 Å². The molecule has 0 heterocycles. The van der Waals surface area contributed by atoms with Gasteiger partial charge in [-0.2, -0.15) is 0 Å². The van der Waals surface area contributed by atoms with Crippen LogP contribution in [0.4, 0.5) is 4.20 Å². The molecule has 0 aliphatic heterocycles. The van der Waals surface area contributed by atoms with Crippen molar-refractivity contribution in [2.75, 3.05) is 13.2 Å². The lowest BCUT2D eigenvalue weighted by molar-refractivity contribution is -0.154. The zero-order chi connectivity index (χ0) is 12.1. The molecule has 0 aliphatic rings. The Labute approximate surface area is 88.2 Å². The molecule has 0 radical (unpaired) electrons. The van der Waals surface area contributed by atoms with Gasteiger partial charge in [-0.25, -0.2) is 4.57 Å². The zero-order valence-corrected chi connectivity index (χ0v) is 9.92. The Kier molecular flexibility index (Phi) is 5.42. The van der Waals surface area contributed by atoms with Crippen LogP contribution in [0.5, 0.6) is 0 Å². The Hall–Kier alpha value is -0.450. The second kappa shape index (κ2) is 5.58. The summed E-state index contributed by atoms with van der Waals surface area (Å²) in [6.45, 7) is 4.58. The van der Waals surface area contributed by atoms with Crippen molar-refractivity contribution in [3.8, 4) is 0 Å². The van der Waals surface area contributed by atoms with Gasteiger partial charge in [-0.1, -0.05) is 6.92 Å². The zero-order valence-electron chi connectivity index (χ0n) is 9.03. The molecular formula is C8H16FO5P. The van der Waals surface area contributed by atoms with E-state index < -0.39 is 25.9 Å². The Bertz CT molecular complexity index is 260. The molecule has 0 rings (SSSR count). The number of halogens is 1. The highest BCUT2D eigenvalue weighted by atomic mass is 31.2. The fourth-order valence-electron chi connectivity index (χ4n) is 0.624. The molecule has 1 atom stereocenters. The lowest BCUT2D eigenvalue weighted by Crippen LogP contribution is -2.26. The summed E-state index contributed by atoms with van der Waals surface area (Å²) in [5.41, 5.74) is -0.612. The van der Waals surface area contributed by atoms with E-state index in [2.05, 4.69) is 4.52 Å². The van der Waals surface area contributed by atoms with E-state index in [0.29, 0.717) is 6.42 Å². The maximum absolute atomic E-state index is 12.0. The van der Waals surface area contributed by atoms with Crippen LogP contribution in [-0.2, 0) is 18.6 Å². The summed E-state index contributed by atoms with van der Waals surface area (Å²) in [5, 5.41) is 0. The third-order valence-electron chi connectivity index (χ3n) is 2.00. The topological polar surface area (TPSA) is 72.8 Å². The lowest BCUT2D eigenvalue weighted by Gasteiger charge is -2.20. The van der Waals surface area contributed by atoms with Gasteiger partial charge in [0.2, 0.25) is 0 Å². The minimum absolute atomic E-state index is 0.239. The average molecular weight is 242 g/mol. The monoisotopic (exact) mass is 242 g/mol. The average Bonchev–Trinajstić information content (AvgIpc) is 2.10. The van der Waals surface area contributed by atoms with Gasteiger partial charge in [0.05, 0.1) is 12.0 Å². The highest BCUT2D eigenvalue weighted by Crippen LogP contribution is 2.42. The number of carbonyl (C=O) groups is 1. The van der Waals surface area contributed by atoms with E-state index in [4.69, 9.17) is 9.63 Å². The highest BCUT2D eigenvalue weighted by Gasteiger charge is 2.27. The Morgan fingerprint density at radius 1 is 1.47 bits per heavy atom. The van der Waals surface area contributed by atoms with Gasteiger partial charge in [-0.05, 0) is 20.3 Å². The minimum Gasteiger partial charge on any atom is -0.463 e. The number of hydrogen-bond acceptors (Lipinski definition) is 4. The Morgan fingerprint density at radius 3 is 2.40 bits per heavy atom. The van der Waals surface area contributed by atoms with Gasteiger partial charge in [0.1, 0.15) is 6.61 Å². The van der Waals surface area contributed by atoms with Gasteiger partial charge >= 0.3 is 13.9 Å². The van der Waals surface area contributed by atoms with Crippen molar-refractivity contribution < 1.29 is 27.7 Å². The van der Waals surface area contributed by atoms with Crippen molar-refractivity contribution in [2.45, 2.75) is 27.2 Å². The predicted octanol–water partition coefficient (Wildman–Crippen LogP) is 2.05. The molecule has 5 nitrogen and oxygen atoms in total. The van der Waals surface area contributed by atoms with Crippen LogP contribution >= 0.6 is 7.91 Å². The van der Waals surface area contributed by atoms with E-state index in [1.54, 1.807) is 13.8 Å². The predicted molar refractivity (Wildman–Crippen MR) is 51.9 cm³/mol.